The molecule has 2 saturated heterocycles. The molecule has 2 aliphatic heterocycles. The van der Waals surface area contributed by atoms with Gasteiger partial charge in [0.2, 0.25) is 0 Å². The van der Waals surface area contributed by atoms with Gasteiger partial charge in [-0.15, -0.1) is 0 Å². The molecule has 1 aromatic carbocycles. The Morgan fingerprint density at radius 3 is 2.27 bits per heavy atom. The number of nitrogens with two attached hydrogens (primary N) is 1. The SMILES string of the molecule is C.CCC1(CC)CC(CCN2CCN(c3ccc(N)cc3)CC2)OC1=O. The van der Waals surface area contributed by atoms with Crippen LogP contribution in [0.1, 0.15) is 47.0 Å². The van der Waals surface area contributed by atoms with Crippen molar-refractivity contribution in [3.8, 4) is 0 Å². The normalized spacial score (nSPS) is 22.8. The lowest BCUT2D eigenvalue weighted by Gasteiger charge is -2.36. The van der Waals surface area contributed by atoms with E-state index >= 15 is 0 Å². The minimum absolute atomic E-state index is 0. The van der Waals surface area contributed by atoms with E-state index in [-0.39, 0.29) is 24.9 Å². The van der Waals surface area contributed by atoms with Gasteiger partial charge in [0.1, 0.15) is 6.10 Å². The molecule has 26 heavy (non-hydrogen) atoms. The smallest absolute Gasteiger partial charge is 0.312 e. The van der Waals surface area contributed by atoms with Crippen LogP contribution in [0.15, 0.2) is 24.3 Å². The van der Waals surface area contributed by atoms with Crippen molar-refractivity contribution in [1.82, 2.24) is 4.90 Å². The lowest BCUT2D eigenvalue weighted by molar-refractivity contribution is -0.149. The van der Waals surface area contributed by atoms with Crippen LogP contribution in [-0.4, -0.2) is 49.7 Å². The molecule has 1 aromatic rings. The number of nitrogens with zero attached hydrogens (tertiary/aromatic N) is 2. The lowest BCUT2D eigenvalue weighted by atomic mass is 9.79. The van der Waals surface area contributed by atoms with Gasteiger partial charge in [0.25, 0.3) is 0 Å². The quantitative estimate of drug-likeness (QED) is 0.620. The fourth-order valence-electron chi connectivity index (χ4n) is 4.07. The third-order valence-corrected chi connectivity index (χ3v) is 6.08. The van der Waals surface area contributed by atoms with Crippen molar-refractivity contribution < 1.29 is 9.53 Å². The summed E-state index contributed by atoms with van der Waals surface area (Å²) in [6.07, 6.45) is 3.72. The van der Waals surface area contributed by atoms with Crippen molar-refractivity contribution in [3.05, 3.63) is 24.3 Å². The average Bonchev–Trinajstić information content (AvgIpc) is 2.97. The molecule has 2 aliphatic rings. The van der Waals surface area contributed by atoms with E-state index in [0.29, 0.717) is 0 Å². The molecule has 0 aliphatic carbocycles. The van der Waals surface area contributed by atoms with Crippen LogP contribution in [0.5, 0.6) is 0 Å². The van der Waals surface area contributed by atoms with Crippen LogP contribution >= 0.6 is 0 Å². The van der Waals surface area contributed by atoms with Gasteiger partial charge in [-0.2, -0.15) is 0 Å². The molecule has 0 bridgehead atoms. The van der Waals surface area contributed by atoms with Crippen molar-refractivity contribution in [1.29, 1.82) is 0 Å². The monoisotopic (exact) mass is 361 g/mol. The van der Waals surface area contributed by atoms with E-state index in [9.17, 15) is 4.79 Å². The standard InChI is InChI=1S/C20H31N3O2.CH4/c1-3-20(4-2)15-18(25-19(20)24)9-10-22-11-13-23(14-12-22)17-7-5-16(21)6-8-17;/h5-8,18H,3-4,9-15,21H2,1-2H3;1H4. The van der Waals surface area contributed by atoms with Gasteiger partial charge in [-0.05, 0) is 43.5 Å². The molecule has 2 fully saturated rings. The molecule has 2 heterocycles. The van der Waals surface area contributed by atoms with Gasteiger partial charge in [-0.1, -0.05) is 21.3 Å². The molecular formula is C21H35N3O2. The van der Waals surface area contributed by atoms with Crippen LogP contribution in [0.25, 0.3) is 0 Å². The largest absolute Gasteiger partial charge is 0.462 e. The fourth-order valence-corrected chi connectivity index (χ4v) is 4.07. The van der Waals surface area contributed by atoms with E-state index in [1.54, 1.807) is 0 Å². The highest BCUT2D eigenvalue weighted by molar-refractivity contribution is 5.78. The third kappa shape index (κ3) is 4.32. The molecular weight excluding hydrogens is 326 g/mol. The lowest BCUT2D eigenvalue weighted by Crippen LogP contribution is -2.47. The van der Waals surface area contributed by atoms with Crippen LogP contribution in [0.4, 0.5) is 11.4 Å². The van der Waals surface area contributed by atoms with Gasteiger partial charge in [-0.3, -0.25) is 9.69 Å². The maximum Gasteiger partial charge on any atom is 0.312 e. The maximum absolute atomic E-state index is 12.2. The molecule has 1 unspecified atom stereocenters. The van der Waals surface area contributed by atoms with Gasteiger partial charge in [-0.25, -0.2) is 0 Å². The second-order valence-corrected chi connectivity index (χ2v) is 7.43. The highest BCUT2D eigenvalue weighted by Gasteiger charge is 2.46. The van der Waals surface area contributed by atoms with Crippen molar-refractivity contribution in [3.63, 3.8) is 0 Å². The first-order valence-corrected chi connectivity index (χ1v) is 9.60. The van der Waals surface area contributed by atoms with Crippen LogP contribution < -0.4 is 10.6 Å². The number of cyclic esters (lactones) is 1. The number of rotatable bonds is 6. The van der Waals surface area contributed by atoms with E-state index in [1.165, 1.54) is 5.69 Å². The minimum Gasteiger partial charge on any atom is -0.462 e. The Bertz CT molecular complexity index is 575. The van der Waals surface area contributed by atoms with Gasteiger partial charge in [0, 0.05) is 50.5 Å². The second-order valence-electron chi connectivity index (χ2n) is 7.43. The van der Waals surface area contributed by atoms with Crippen LogP contribution in [-0.2, 0) is 9.53 Å². The third-order valence-electron chi connectivity index (χ3n) is 6.08. The summed E-state index contributed by atoms with van der Waals surface area (Å²) in [5, 5.41) is 0. The number of hydrogen-bond donors (Lipinski definition) is 1. The van der Waals surface area contributed by atoms with Crippen LogP contribution in [0, 0.1) is 5.41 Å². The second kappa shape index (κ2) is 8.76. The molecule has 0 amide bonds. The molecule has 146 valence electrons. The molecule has 2 N–H and O–H groups in total. The summed E-state index contributed by atoms with van der Waals surface area (Å²) in [6, 6.07) is 8.11. The van der Waals surface area contributed by atoms with Gasteiger partial charge in [0.15, 0.2) is 0 Å². The van der Waals surface area contributed by atoms with Gasteiger partial charge in [0.05, 0.1) is 5.41 Å². The van der Waals surface area contributed by atoms with E-state index < -0.39 is 0 Å². The highest BCUT2D eigenvalue weighted by atomic mass is 16.6. The number of carbonyl (C=O) groups excluding carboxylic acids is 1. The van der Waals surface area contributed by atoms with Crippen LogP contribution in [0.2, 0.25) is 0 Å². The van der Waals surface area contributed by atoms with Gasteiger partial charge >= 0.3 is 5.97 Å². The van der Waals surface area contributed by atoms with E-state index in [0.717, 1.165) is 64.1 Å². The molecule has 5 heteroatoms. The zero-order valence-corrected chi connectivity index (χ0v) is 15.5. The highest BCUT2D eigenvalue weighted by Crippen LogP contribution is 2.41. The van der Waals surface area contributed by atoms with Crippen molar-refractivity contribution in [2.45, 2.75) is 53.1 Å². The number of nitrogen functional groups attached to an aromatic ring is 1. The predicted molar refractivity (Wildman–Crippen MR) is 108 cm³/mol. The zero-order chi connectivity index (χ0) is 17.9. The molecule has 3 rings (SSSR count). The molecule has 0 spiro atoms. The Labute approximate surface area is 158 Å². The number of hydrogen-bond acceptors (Lipinski definition) is 5. The Kier molecular flexibility index (Phi) is 6.93. The molecule has 0 saturated carbocycles. The topological polar surface area (TPSA) is 58.8 Å². The molecule has 0 aromatic heterocycles. The van der Waals surface area contributed by atoms with Crippen molar-refractivity contribution in [2.75, 3.05) is 43.4 Å². The fraction of sp³-hybridized carbons (Fsp3) is 0.667. The van der Waals surface area contributed by atoms with Crippen LogP contribution in [0.3, 0.4) is 0 Å². The Morgan fingerprint density at radius 1 is 1.12 bits per heavy atom. The van der Waals surface area contributed by atoms with E-state index in [2.05, 4.69) is 35.8 Å². The molecule has 1 atom stereocenters. The van der Waals surface area contributed by atoms with E-state index in [4.69, 9.17) is 10.5 Å². The number of carbonyl (C=O) groups is 1. The number of anilines is 2. The first-order valence-electron chi connectivity index (χ1n) is 9.60. The maximum atomic E-state index is 12.2. The van der Waals surface area contributed by atoms with Crippen molar-refractivity contribution >= 4 is 17.3 Å². The minimum atomic E-state index is -0.224. The summed E-state index contributed by atoms with van der Waals surface area (Å²) in [5.74, 6) is 0.0238. The Balaban J connectivity index is 0.00000243. The number of esters is 1. The summed E-state index contributed by atoms with van der Waals surface area (Å²) in [4.78, 5) is 17.1. The summed E-state index contributed by atoms with van der Waals surface area (Å²) in [5.41, 5.74) is 7.59. The number of benzene rings is 1. The number of ether oxygens (including phenoxy) is 1. The predicted octanol–water partition coefficient (Wildman–Crippen LogP) is 3.54. The number of piperazine rings is 1. The molecule has 0 radical (unpaired) electrons. The first-order chi connectivity index (χ1) is 12.1. The summed E-state index contributed by atoms with van der Waals surface area (Å²) in [7, 11) is 0. The Morgan fingerprint density at radius 2 is 1.73 bits per heavy atom. The Hall–Kier alpha value is -1.75. The first kappa shape index (κ1) is 20.6. The van der Waals surface area contributed by atoms with E-state index in [1.807, 2.05) is 12.1 Å². The summed E-state index contributed by atoms with van der Waals surface area (Å²) in [6.45, 7) is 9.38. The zero-order valence-electron chi connectivity index (χ0n) is 15.5. The average molecular weight is 362 g/mol. The van der Waals surface area contributed by atoms with Gasteiger partial charge < -0.3 is 15.4 Å². The summed E-state index contributed by atoms with van der Waals surface area (Å²) >= 11 is 0. The molecule has 5 nitrogen and oxygen atoms in total. The summed E-state index contributed by atoms with van der Waals surface area (Å²) < 4.78 is 5.66. The van der Waals surface area contributed by atoms with Crippen molar-refractivity contribution in [2.24, 2.45) is 5.41 Å².